The quantitative estimate of drug-likeness (QED) is 0.798. The largest absolute Gasteiger partial charge is 0.417 e. The van der Waals surface area contributed by atoms with Gasteiger partial charge in [0.25, 0.3) is 0 Å². The van der Waals surface area contributed by atoms with Crippen LogP contribution in [0, 0.1) is 11.7 Å². The van der Waals surface area contributed by atoms with Crippen LogP contribution in [0.1, 0.15) is 35.7 Å². The number of carbonyl (C=O) groups excluding carboxylic acids is 1. The highest BCUT2D eigenvalue weighted by atomic mass is 19.4. The highest BCUT2D eigenvalue weighted by Gasteiger charge is 2.36. The number of nitrogens with one attached hydrogen (secondary N) is 2. The Kier molecular flexibility index (Phi) is 5.46. The van der Waals surface area contributed by atoms with E-state index >= 15 is 0 Å². The number of halogens is 4. The molecule has 1 aromatic heterocycles. The smallest absolute Gasteiger partial charge is 0.349 e. The molecule has 1 aliphatic rings. The Bertz CT molecular complexity index is 790. The first-order chi connectivity index (χ1) is 12.8. The van der Waals surface area contributed by atoms with E-state index in [-0.39, 0.29) is 23.7 Å². The normalized spacial score (nSPS) is 21.1. The first-order valence-corrected chi connectivity index (χ1v) is 8.55. The second-order valence-corrected chi connectivity index (χ2v) is 6.62. The fourth-order valence-electron chi connectivity index (χ4n) is 3.21. The van der Waals surface area contributed by atoms with Gasteiger partial charge in [-0.3, -0.25) is 9.78 Å². The number of nitrogens with zero attached hydrogens (tertiary/aromatic N) is 1. The van der Waals surface area contributed by atoms with Crippen LogP contribution in [0.15, 0.2) is 42.6 Å². The van der Waals surface area contributed by atoms with E-state index in [0.29, 0.717) is 18.8 Å². The molecular formula is C19H19F4N3O. The van der Waals surface area contributed by atoms with Crippen molar-refractivity contribution in [3.63, 3.8) is 0 Å². The molecular weight excluding hydrogens is 362 g/mol. The summed E-state index contributed by atoms with van der Waals surface area (Å²) in [6.45, 7) is 2.66. The van der Waals surface area contributed by atoms with Crippen molar-refractivity contribution in [1.29, 1.82) is 0 Å². The van der Waals surface area contributed by atoms with Crippen LogP contribution in [0.25, 0.3) is 0 Å². The Labute approximate surface area is 154 Å². The fourth-order valence-corrected chi connectivity index (χ4v) is 3.21. The zero-order chi connectivity index (χ0) is 19.6. The third-order valence-electron chi connectivity index (χ3n) is 4.77. The van der Waals surface area contributed by atoms with Crippen LogP contribution in [0.2, 0.25) is 0 Å². The average molecular weight is 381 g/mol. The van der Waals surface area contributed by atoms with Crippen LogP contribution < -0.4 is 10.6 Å². The summed E-state index contributed by atoms with van der Waals surface area (Å²) in [7, 11) is 0. The molecule has 0 spiro atoms. The Morgan fingerprint density at radius 3 is 2.48 bits per heavy atom. The zero-order valence-electron chi connectivity index (χ0n) is 14.6. The number of hydrogen-bond donors (Lipinski definition) is 2. The zero-order valence-corrected chi connectivity index (χ0v) is 14.6. The molecule has 1 aromatic carbocycles. The van der Waals surface area contributed by atoms with E-state index in [4.69, 9.17) is 0 Å². The van der Waals surface area contributed by atoms with E-state index in [2.05, 4.69) is 15.6 Å². The lowest BCUT2D eigenvalue weighted by atomic mass is 9.91. The van der Waals surface area contributed by atoms with Gasteiger partial charge >= 0.3 is 6.18 Å². The van der Waals surface area contributed by atoms with Gasteiger partial charge in [-0.1, -0.05) is 12.1 Å². The van der Waals surface area contributed by atoms with Crippen LogP contribution in [0.4, 0.5) is 17.6 Å². The molecule has 144 valence electrons. The Balaban J connectivity index is 1.70. The topological polar surface area (TPSA) is 54.0 Å². The highest BCUT2D eigenvalue weighted by molar-refractivity contribution is 5.80. The third kappa shape index (κ3) is 4.44. The summed E-state index contributed by atoms with van der Waals surface area (Å²) in [4.78, 5) is 16.6. The maximum atomic E-state index is 13.0. The Morgan fingerprint density at radius 2 is 1.89 bits per heavy atom. The number of hydrogen-bond acceptors (Lipinski definition) is 3. The first-order valence-electron chi connectivity index (χ1n) is 8.55. The molecule has 0 radical (unpaired) electrons. The molecule has 4 nitrogen and oxygen atoms in total. The number of alkyl halides is 3. The molecule has 0 bridgehead atoms. The lowest BCUT2D eigenvalue weighted by molar-refractivity contribution is -0.137. The lowest BCUT2D eigenvalue weighted by Crippen LogP contribution is -2.36. The Hall–Kier alpha value is -2.48. The van der Waals surface area contributed by atoms with Crippen LogP contribution in [-0.2, 0) is 11.0 Å². The van der Waals surface area contributed by atoms with Crippen molar-refractivity contribution in [3.05, 3.63) is 65.2 Å². The molecule has 3 atom stereocenters. The van der Waals surface area contributed by atoms with Gasteiger partial charge in [0.05, 0.1) is 17.5 Å². The molecule has 0 saturated carbocycles. The Morgan fingerprint density at radius 1 is 1.19 bits per heavy atom. The summed E-state index contributed by atoms with van der Waals surface area (Å²) >= 11 is 0. The number of benzene rings is 1. The minimum absolute atomic E-state index is 0.219. The standard InChI is InChI=1S/C19H19F4N3O/c1-11(12-2-5-14(20)6-3-12)26-18(27)16-10-24-9-15(16)17-7-4-13(8-25-17)19(21,22)23/h2-8,11,15-16,24H,9-10H2,1H3,(H,26,27)/t11-,15+,16+/m0/s1. The molecule has 0 unspecified atom stereocenters. The number of carbonyl (C=O) groups is 1. The van der Waals surface area contributed by atoms with Gasteiger partial charge < -0.3 is 10.6 Å². The van der Waals surface area contributed by atoms with Gasteiger partial charge in [0.1, 0.15) is 5.82 Å². The number of amides is 1. The van der Waals surface area contributed by atoms with Crippen molar-refractivity contribution in [2.24, 2.45) is 5.92 Å². The van der Waals surface area contributed by atoms with Crippen molar-refractivity contribution < 1.29 is 22.4 Å². The highest BCUT2D eigenvalue weighted by Crippen LogP contribution is 2.32. The van der Waals surface area contributed by atoms with Crippen LogP contribution in [0.3, 0.4) is 0 Å². The van der Waals surface area contributed by atoms with Crippen molar-refractivity contribution >= 4 is 5.91 Å². The van der Waals surface area contributed by atoms with Gasteiger partial charge in [-0.25, -0.2) is 4.39 Å². The minimum Gasteiger partial charge on any atom is -0.349 e. The van der Waals surface area contributed by atoms with E-state index in [0.717, 1.165) is 17.8 Å². The molecule has 1 aliphatic heterocycles. The molecule has 2 heterocycles. The summed E-state index contributed by atoms with van der Waals surface area (Å²) in [5.74, 6) is -1.33. The van der Waals surface area contributed by atoms with E-state index in [1.165, 1.54) is 18.2 Å². The van der Waals surface area contributed by atoms with Gasteiger partial charge in [0.2, 0.25) is 5.91 Å². The molecule has 0 aliphatic carbocycles. The predicted molar refractivity (Wildman–Crippen MR) is 91.3 cm³/mol. The molecule has 1 amide bonds. The monoisotopic (exact) mass is 381 g/mol. The predicted octanol–water partition coefficient (Wildman–Crippen LogP) is 3.42. The second-order valence-electron chi connectivity index (χ2n) is 6.62. The number of aromatic nitrogens is 1. The molecule has 3 rings (SSSR count). The van der Waals surface area contributed by atoms with Gasteiger partial charge in [0.15, 0.2) is 0 Å². The van der Waals surface area contributed by atoms with E-state index < -0.39 is 17.7 Å². The van der Waals surface area contributed by atoms with Gasteiger partial charge in [-0.15, -0.1) is 0 Å². The SMILES string of the molecule is C[C@H](NC(=O)[C@@H]1CNC[C@H]1c1ccc(C(F)(F)F)cn1)c1ccc(F)cc1. The molecule has 1 fully saturated rings. The second kappa shape index (κ2) is 7.64. The van der Waals surface area contributed by atoms with Crippen molar-refractivity contribution in [2.45, 2.75) is 25.1 Å². The number of rotatable bonds is 4. The molecule has 2 N–H and O–H groups in total. The minimum atomic E-state index is -4.44. The van der Waals surface area contributed by atoms with Crippen molar-refractivity contribution in [2.75, 3.05) is 13.1 Å². The van der Waals surface area contributed by atoms with Crippen LogP contribution >= 0.6 is 0 Å². The summed E-state index contributed by atoms with van der Waals surface area (Å²) in [5, 5.41) is 5.98. The number of pyridine rings is 1. The van der Waals surface area contributed by atoms with Gasteiger partial charge in [0, 0.05) is 30.9 Å². The van der Waals surface area contributed by atoms with E-state index in [1.54, 1.807) is 19.1 Å². The summed E-state index contributed by atoms with van der Waals surface area (Å²) in [6.07, 6.45) is -3.65. The van der Waals surface area contributed by atoms with Crippen molar-refractivity contribution in [1.82, 2.24) is 15.6 Å². The van der Waals surface area contributed by atoms with Crippen LogP contribution in [0.5, 0.6) is 0 Å². The molecule has 27 heavy (non-hydrogen) atoms. The maximum absolute atomic E-state index is 13.0. The maximum Gasteiger partial charge on any atom is 0.417 e. The molecule has 8 heteroatoms. The molecule has 2 aromatic rings. The third-order valence-corrected chi connectivity index (χ3v) is 4.77. The lowest BCUT2D eigenvalue weighted by Gasteiger charge is -2.21. The summed E-state index contributed by atoms with van der Waals surface area (Å²) in [6, 6.07) is 7.83. The summed E-state index contributed by atoms with van der Waals surface area (Å²) in [5.41, 5.74) is 0.394. The van der Waals surface area contributed by atoms with Crippen LogP contribution in [-0.4, -0.2) is 24.0 Å². The average Bonchev–Trinajstić information content (AvgIpc) is 3.11. The van der Waals surface area contributed by atoms with E-state index in [1.807, 2.05) is 0 Å². The first kappa shape index (κ1) is 19.3. The van der Waals surface area contributed by atoms with Crippen molar-refractivity contribution in [3.8, 4) is 0 Å². The summed E-state index contributed by atoms with van der Waals surface area (Å²) < 4.78 is 51.1. The fraction of sp³-hybridized carbons (Fsp3) is 0.368. The van der Waals surface area contributed by atoms with Gasteiger partial charge in [-0.2, -0.15) is 13.2 Å². The van der Waals surface area contributed by atoms with E-state index in [9.17, 15) is 22.4 Å². The van der Waals surface area contributed by atoms with Gasteiger partial charge in [-0.05, 0) is 36.8 Å². The molecule has 1 saturated heterocycles.